The molecule has 2 aromatic carbocycles. The molecule has 31 heavy (non-hydrogen) atoms. The maximum Gasteiger partial charge on any atom is 0.293 e. The van der Waals surface area contributed by atoms with Crippen LogP contribution >= 0.6 is 39.3 Å². The van der Waals surface area contributed by atoms with Gasteiger partial charge >= 0.3 is 0 Å². The molecular formula is C20H14BrClN2O6S. The van der Waals surface area contributed by atoms with Gasteiger partial charge in [0.15, 0.2) is 18.1 Å². The number of nitrogens with zero attached hydrogens (tertiary/aromatic N) is 1. The van der Waals surface area contributed by atoms with Crippen LogP contribution in [0.4, 0.5) is 4.79 Å². The van der Waals surface area contributed by atoms with Crippen LogP contribution in [0.25, 0.3) is 6.08 Å². The summed E-state index contributed by atoms with van der Waals surface area (Å²) in [5.74, 6) is 0.463. The summed E-state index contributed by atoms with van der Waals surface area (Å²) in [7, 11) is 0. The van der Waals surface area contributed by atoms with E-state index in [9.17, 15) is 14.4 Å². The average Bonchev–Trinajstić information content (AvgIpc) is 3.26. The zero-order chi connectivity index (χ0) is 22.1. The second kappa shape index (κ2) is 8.81. The van der Waals surface area contributed by atoms with Gasteiger partial charge < -0.3 is 19.9 Å². The number of benzene rings is 2. The van der Waals surface area contributed by atoms with Crippen LogP contribution < -0.4 is 19.9 Å². The minimum absolute atomic E-state index is 0.0150. The van der Waals surface area contributed by atoms with Crippen molar-refractivity contribution >= 4 is 62.4 Å². The number of primary amides is 1. The highest BCUT2D eigenvalue weighted by molar-refractivity contribution is 9.10. The maximum atomic E-state index is 12.8. The lowest BCUT2D eigenvalue weighted by atomic mass is 10.1. The van der Waals surface area contributed by atoms with Gasteiger partial charge in [-0.25, -0.2) is 0 Å². The second-order valence-corrected chi connectivity index (χ2v) is 8.76. The van der Waals surface area contributed by atoms with E-state index in [0.29, 0.717) is 37.9 Å². The smallest absolute Gasteiger partial charge is 0.293 e. The van der Waals surface area contributed by atoms with Crippen molar-refractivity contribution in [2.45, 2.75) is 6.54 Å². The third-order valence-electron chi connectivity index (χ3n) is 4.37. The fraction of sp³-hybridized carbons (Fsp3) is 0.150. The van der Waals surface area contributed by atoms with Crippen molar-refractivity contribution in [3.63, 3.8) is 0 Å². The van der Waals surface area contributed by atoms with Crippen LogP contribution in [0, 0.1) is 0 Å². The van der Waals surface area contributed by atoms with Gasteiger partial charge in [-0.2, -0.15) is 0 Å². The molecule has 160 valence electrons. The van der Waals surface area contributed by atoms with Crippen LogP contribution in [-0.4, -0.2) is 35.4 Å². The van der Waals surface area contributed by atoms with Crippen molar-refractivity contribution in [3.8, 4) is 17.2 Å². The van der Waals surface area contributed by atoms with Crippen molar-refractivity contribution in [2.24, 2.45) is 5.73 Å². The molecule has 2 aliphatic heterocycles. The molecule has 2 heterocycles. The Morgan fingerprint density at radius 1 is 1.26 bits per heavy atom. The van der Waals surface area contributed by atoms with E-state index in [1.165, 1.54) is 0 Å². The highest BCUT2D eigenvalue weighted by Crippen LogP contribution is 2.39. The summed E-state index contributed by atoms with van der Waals surface area (Å²) >= 11 is 10.5. The summed E-state index contributed by atoms with van der Waals surface area (Å²) in [4.78, 5) is 37.6. The number of fused-ring (bicyclic) bond motifs is 1. The predicted octanol–water partition coefficient (Wildman–Crippen LogP) is 3.93. The number of halogens is 2. The molecule has 4 rings (SSSR count). The largest absolute Gasteiger partial charge is 0.483 e. The van der Waals surface area contributed by atoms with Gasteiger partial charge in [-0.3, -0.25) is 19.3 Å². The fourth-order valence-corrected chi connectivity index (χ4v) is 4.47. The minimum atomic E-state index is -0.591. The number of ether oxygens (including phenoxy) is 3. The third-order valence-corrected chi connectivity index (χ3v) is 6.25. The maximum absolute atomic E-state index is 12.8. The fourth-order valence-electron chi connectivity index (χ4n) is 2.91. The van der Waals surface area contributed by atoms with Crippen LogP contribution in [0.5, 0.6) is 17.2 Å². The van der Waals surface area contributed by atoms with Gasteiger partial charge in [0, 0.05) is 11.1 Å². The van der Waals surface area contributed by atoms with Crippen LogP contribution in [0.1, 0.15) is 11.1 Å². The van der Waals surface area contributed by atoms with Crippen LogP contribution in [0.2, 0.25) is 5.02 Å². The number of nitrogens with two attached hydrogens (primary N) is 1. The predicted molar refractivity (Wildman–Crippen MR) is 118 cm³/mol. The first-order chi connectivity index (χ1) is 14.8. The summed E-state index contributed by atoms with van der Waals surface area (Å²) in [6, 6.07) is 8.31. The molecule has 0 aliphatic carbocycles. The number of carbonyl (C=O) groups is 3. The molecule has 0 saturated carbocycles. The Bertz CT molecular complexity index is 1140. The molecule has 0 aromatic heterocycles. The SMILES string of the molecule is NC(=O)COc1ccc(/C=C2\SC(=O)N(Cc3cc4c(cc3Cl)OCO4)C2=O)cc1Br. The molecule has 0 unspecified atom stereocenters. The number of amides is 3. The summed E-state index contributed by atoms with van der Waals surface area (Å²) in [6.45, 7) is -0.137. The molecule has 0 bridgehead atoms. The van der Waals surface area contributed by atoms with Gasteiger partial charge in [-0.05, 0) is 63.1 Å². The normalized spacial score (nSPS) is 16.3. The zero-order valence-electron chi connectivity index (χ0n) is 15.7. The van der Waals surface area contributed by atoms with E-state index in [-0.39, 0.29) is 24.8 Å². The number of thioether (sulfide) groups is 1. The Hall–Kier alpha value is -2.69. The number of imide groups is 1. The van der Waals surface area contributed by atoms with Crippen molar-refractivity contribution < 1.29 is 28.6 Å². The van der Waals surface area contributed by atoms with Crippen molar-refractivity contribution in [3.05, 3.63) is 55.9 Å². The highest BCUT2D eigenvalue weighted by Gasteiger charge is 2.35. The summed E-state index contributed by atoms with van der Waals surface area (Å²) in [5.41, 5.74) is 6.32. The van der Waals surface area contributed by atoms with Gasteiger partial charge in [0.05, 0.1) is 15.9 Å². The van der Waals surface area contributed by atoms with Crippen molar-refractivity contribution in [1.29, 1.82) is 0 Å². The monoisotopic (exact) mass is 524 g/mol. The van der Waals surface area contributed by atoms with E-state index in [0.717, 1.165) is 16.7 Å². The van der Waals surface area contributed by atoms with E-state index in [1.54, 1.807) is 36.4 Å². The van der Waals surface area contributed by atoms with Crippen LogP contribution in [0.3, 0.4) is 0 Å². The van der Waals surface area contributed by atoms with Crippen molar-refractivity contribution in [2.75, 3.05) is 13.4 Å². The highest BCUT2D eigenvalue weighted by atomic mass is 79.9. The zero-order valence-corrected chi connectivity index (χ0v) is 18.9. The van der Waals surface area contributed by atoms with E-state index < -0.39 is 17.1 Å². The molecule has 11 heteroatoms. The molecule has 2 aromatic rings. The number of rotatable bonds is 6. The minimum Gasteiger partial charge on any atom is -0.483 e. The molecule has 2 aliphatic rings. The molecule has 0 atom stereocenters. The second-order valence-electron chi connectivity index (χ2n) is 6.51. The molecular weight excluding hydrogens is 512 g/mol. The first-order valence-corrected chi connectivity index (χ1v) is 10.8. The first-order valence-electron chi connectivity index (χ1n) is 8.86. The summed E-state index contributed by atoms with van der Waals surface area (Å²) < 4.78 is 16.5. The van der Waals surface area contributed by atoms with Gasteiger partial charge in [0.25, 0.3) is 17.1 Å². The Morgan fingerprint density at radius 3 is 2.71 bits per heavy atom. The molecule has 8 nitrogen and oxygen atoms in total. The average molecular weight is 526 g/mol. The Morgan fingerprint density at radius 2 is 2.00 bits per heavy atom. The lowest BCUT2D eigenvalue weighted by Gasteiger charge is -2.14. The van der Waals surface area contributed by atoms with E-state index in [4.69, 9.17) is 31.5 Å². The topological polar surface area (TPSA) is 108 Å². The summed E-state index contributed by atoms with van der Waals surface area (Å²) in [5, 5.41) is -0.0202. The number of carbonyl (C=O) groups excluding carboxylic acids is 3. The first kappa shape index (κ1) is 21.5. The van der Waals surface area contributed by atoms with Gasteiger partial charge in [-0.1, -0.05) is 17.7 Å². The van der Waals surface area contributed by atoms with Gasteiger partial charge in [0.2, 0.25) is 6.79 Å². The number of hydrogen-bond donors (Lipinski definition) is 1. The third kappa shape index (κ3) is 4.65. The lowest BCUT2D eigenvalue weighted by molar-refractivity contribution is -0.123. The van der Waals surface area contributed by atoms with E-state index >= 15 is 0 Å². The van der Waals surface area contributed by atoms with Gasteiger partial charge in [0.1, 0.15) is 5.75 Å². The van der Waals surface area contributed by atoms with E-state index in [2.05, 4.69) is 15.9 Å². The van der Waals surface area contributed by atoms with Crippen molar-refractivity contribution in [1.82, 2.24) is 4.90 Å². The molecule has 0 spiro atoms. The lowest BCUT2D eigenvalue weighted by Crippen LogP contribution is -2.27. The van der Waals surface area contributed by atoms with E-state index in [1.807, 2.05) is 0 Å². The van der Waals surface area contributed by atoms with Crippen LogP contribution in [-0.2, 0) is 16.1 Å². The molecule has 3 amide bonds. The number of hydrogen-bond acceptors (Lipinski definition) is 7. The standard InChI is InChI=1S/C20H14BrClN2O6S/c21-12-3-10(1-2-14(12)28-8-18(23)25)4-17-19(26)24(20(27)31-17)7-11-5-15-16(6-13(11)22)30-9-29-15/h1-6H,7-9H2,(H2,23,25)/b17-4-. The Kier molecular flexibility index (Phi) is 6.12. The van der Waals surface area contributed by atoms with Gasteiger partial charge in [-0.15, -0.1) is 0 Å². The van der Waals surface area contributed by atoms with Crippen LogP contribution in [0.15, 0.2) is 39.7 Å². The Balaban J connectivity index is 1.51. The molecule has 0 radical (unpaired) electrons. The molecule has 1 saturated heterocycles. The quantitative estimate of drug-likeness (QED) is 0.569. The Labute approximate surface area is 194 Å². The molecule has 2 N–H and O–H groups in total. The molecule has 1 fully saturated rings. The summed E-state index contributed by atoms with van der Waals surface area (Å²) in [6.07, 6.45) is 1.61.